The predicted molar refractivity (Wildman–Crippen MR) is 130 cm³/mol. The molecule has 2 heterocycles. The zero-order valence-corrected chi connectivity index (χ0v) is 21.2. The van der Waals surface area contributed by atoms with E-state index in [0.717, 1.165) is 5.56 Å². The summed E-state index contributed by atoms with van der Waals surface area (Å²) in [4.78, 5) is 17.8. The van der Waals surface area contributed by atoms with Gasteiger partial charge in [0.1, 0.15) is 23.4 Å². The van der Waals surface area contributed by atoms with Crippen LogP contribution < -0.4 is 4.74 Å². The van der Waals surface area contributed by atoms with Crippen LogP contribution in [0.3, 0.4) is 0 Å². The van der Waals surface area contributed by atoms with Gasteiger partial charge in [-0.2, -0.15) is 4.31 Å². The summed E-state index contributed by atoms with van der Waals surface area (Å²) in [5, 5.41) is 9.75. The van der Waals surface area contributed by atoms with Crippen LogP contribution in [0.25, 0.3) is 0 Å². The number of sulfonamides is 1. The van der Waals surface area contributed by atoms with E-state index in [1.807, 2.05) is 13.0 Å². The number of amides is 1. The third-order valence-corrected chi connectivity index (χ3v) is 7.85. The predicted octanol–water partition coefficient (Wildman–Crippen LogP) is 1.35. The molecule has 0 fully saturated rings. The highest BCUT2D eigenvalue weighted by molar-refractivity contribution is 7.89. The summed E-state index contributed by atoms with van der Waals surface area (Å²) < 4.78 is 39.6. The normalized spacial score (nSPS) is 20.3. The molecule has 1 aliphatic rings. The Morgan fingerprint density at radius 2 is 2.09 bits per heavy atom. The number of aliphatic hydroxyl groups excluding tert-OH is 1. The molecule has 2 aromatic rings. The van der Waals surface area contributed by atoms with Gasteiger partial charge in [0.2, 0.25) is 15.9 Å². The van der Waals surface area contributed by atoms with Crippen molar-refractivity contribution in [3.05, 3.63) is 53.9 Å². The second-order valence-electron chi connectivity index (χ2n) is 8.60. The topological polar surface area (TPSA) is 109 Å². The van der Waals surface area contributed by atoms with E-state index < -0.39 is 22.2 Å². The number of fused-ring (bicyclic) bond motifs is 1. The van der Waals surface area contributed by atoms with E-state index in [9.17, 15) is 18.3 Å². The van der Waals surface area contributed by atoms with Gasteiger partial charge < -0.3 is 19.5 Å². The highest BCUT2D eigenvalue weighted by Crippen LogP contribution is 2.34. The molecule has 35 heavy (non-hydrogen) atoms. The molecular weight excluding hydrogens is 470 g/mol. The van der Waals surface area contributed by atoms with Gasteiger partial charge in [0.25, 0.3) is 0 Å². The van der Waals surface area contributed by atoms with Gasteiger partial charge in [0.05, 0.1) is 13.2 Å². The number of aromatic nitrogens is 1. The fourth-order valence-electron chi connectivity index (χ4n) is 3.71. The van der Waals surface area contributed by atoms with Crippen LogP contribution in [0.1, 0.15) is 25.0 Å². The minimum absolute atomic E-state index is 0.00695. The zero-order chi connectivity index (χ0) is 25.6. The Bertz CT molecular complexity index is 1190. The summed E-state index contributed by atoms with van der Waals surface area (Å²) in [6.45, 7) is 3.49. The van der Waals surface area contributed by atoms with Crippen molar-refractivity contribution in [3.8, 4) is 17.6 Å². The molecule has 10 heteroatoms. The molecule has 0 saturated heterocycles. The first-order valence-corrected chi connectivity index (χ1v) is 12.7. The van der Waals surface area contributed by atoms with Crippen molar-refractivity contribution in [2.75, 3.05) is 40.5 Å². The van der Waals surface area contributed by atoms with Gasteiger partial charge >= 0.3 is 0 Å². The van der Waals surface area contributed by atoms with Gasteiger partial charge in [-0.25, -0.2) is 8.42 Å². The van der Waals surface area contributed by atoms with E-state index in [4.69, 9.17) is 9.47 Å². The lowest BCUT2D eigenvalue weighted by Crippen LogP contribution is -2.50. The minimum atomic E-state index is -3.96. The van der Waals surface area contributed by atoms with Gasteiger partial charge in [-0.3, -0.25) is 9.78 Å². The van der Waals surface area contributed by atoms with Crippen LogP contribution in [0.15, 0.2) is 47.6 Å². The number of ether oxygens (including phenoxy) is 2. The second-order valence-corrected chi connectivity index (χ2v) is 10.5. The molecule has 1 amide bonds. The van der Waals surface area contributed by atoms with Crippen LogP contribution in [0.4, 0.5) is 0 Å². The third-order valence-electron chi connectivity index (χ3n) is 5.83. The maximum Gasteiger partial charge on any atom is 0.248 e. The number of hydrogen-bond donors (Lipinski definition) is 1. The zero-order valence-electron chi connectivity index (χ0n) is 20.3. The molecule has 1 N–H and O–H groups in total. The highest BCUT2D eigenvalue weighted by atomic mass is 32.2. The van der Waals surface area contributed by atoms with Gasteiger partial charge in [0, 0.05) is 56.2 Å². The number of likely N-dealkylation sites (N-methyl/N-ethyl adjacent to an activating group) is 1. The molecule has 1 aliphatic heterocycles. The van der Waals surface area contributed by atoms with Gasteiger partial charge in [-0.05, 0) is 37.3 Å². The Balaban J connectivity index is 2.04. The SMILES string of the molecule is COCC(=O)N(C)C[C@@H]1Oc2cc(C#Cc3cccnc3)ccc2S(=O)(=O)N([C@@H](C)CO)C[C@@H]1C. The lowest BCUT2D eigenvalue weighted by atomic mass is 10.0. The molecule has 0 saturated carbocycles. The third kappa shape index (κ3) is 6.38. The molecule has 0 radical (unpaired) electrons. The molecule has 0 aliphatic carbocycles. The molecule has 9 nitrogen and oxygen atoms in total. The number of nitrogens with zero attached hydrogens (tertiary/aromatic N) is 3. The number of hydrogen-bond acceptors (Lipinski definition) is 7. The van der Waals surface area contributed by atoms with E-state index in [2.05, 4.69) is 16.8 Å². The lowest BCUT2D eigenvalue weighted by Gasteiger charge is -2.37. The highest BCUT2D eigenvalue weighted by Gasteiger charge is 2.38. The monoisotopic (exact) mass is 501 g/mol. The average Bonchev–Trinajstić information content (AvgIpc) is 2.85. The number of aliphatic hydroxyl groups is 1. The molecule has 0 spiro atoms. The average molecular weight is 502 g/mol. The number of pyridine rings is 1. The largest absolute Gasteiger partial charge is 0.487 e. The quantitative estimate of drug-likeness (QED) is 0.595. The van der Waals surface area contributed by atoms with Crippen LogP contribution in [0, 0.1) is 17.8 Å². The molecule has 0 bridgehead atoms. The number of methoxy groups -OCH3 is 1. The smallest absolute Gasteiger partial charge is 0.248 e. The van der Waals surface area contributed by atoms with Crippen LogP contribution in [0.2, 0.25) is 0 Å². The lowest BCUT2D eigenvalue weighted by molar-refractivity contribution is -0.135. The van der Waals surface area contributed by atoms with Crippen molar-refractivity contribution in [2.45, 2.75) is 30.9 Å². The van der Waals surface area contributed by atoms with Crippen LogP contribution >= 0.6 is 0 Å². The molecule has 3 atom stereocenters. The summed E-state index contributed by atoms with van der Waals surface area (Å²) in [5.74, 6) is 5.69. The van der Waals surface area contributed by atoms with Crippen LogP contribution in [-0.4, -0.2) is 86.2 Å². The fourth-order valence-corrected chi connectivity index (χ4v) is 5.53. The van der Waals surface area contributed by atoms with E-state index >= 15 is 0 Å². The Morgan fingerprint density at radius 3 is 2.74 bits per heavy atom. The molecule has 188 valence electrons. The van der Waals surface area contributed by atoms with Crippen molar-refractivity contribution in [1.29, 1.82) is 0 Å². The summed E-state index contributed by atoms with van der Waals surface area (Å²) >= 11 is 0. The van der Waals surface area contributed by atoms with E-state index in [1.165, 1.54) is 22.4 Å². The van der Waals surface area contributed by atoms with Gasteiger partial charge in [-0.1, -0.05) is 18.8 Å². The second kappa shape index (κ2) is 11.6. The molecule has 1 aromatic heterocycles. The van der Waals surface area contributed by atoms with E-state index in [-0.39, 0.29) is 48.8 Å². The standard InChI is InChI=1S/C25H31N3O6S/c1-18-14-28(19(2)16-29)35(31,32)24-10-9-20(7-8-21-6-5-11-26-13-21)12-22(24)34-23(18)15-27(3)25(30)17-33-4/h5-6,9-13,18-19,23,29H,14-17H2,1-4H3/t18-,19-,23-/m0/s1. The fraction of sp³-hybridized carbons (Fsp3) is 0.440. The maximum atomic E-state index is 13.5. The van der Waals surface area contributed by atoms with Crippen molar-refractivity contribution < 1.29 is 27.8 Å². The Hall–Kier alpha value is -2.97. The number of carbonyl (C=O) groups is 1. The Kier molecular flexibility index (Phi) is 8.86. The number of rotatable bonds is 6. The molecule has 3 rings (SSSR count). The van der Waals surface area contributed by atoms with Crippen LogP contribution in [0.5, 0.6) is 5.75 Å². The van der Waals surface area contributed by atoms with Crippen LogP contribution in [-0.2, 0) is 19.6 Å². The first-order valence-electron chi connectivity index (χ1n) is 11.3. The summed E-state index contributed by atoms with van der Waals surface area (Å²) in [6.07, 6.45) is 2.79. The van der Waals surface area contributed by atoms with Gasteiger partial charge in [-0.15, -0.1) is 0 Å². The minimum Gasteiger partial charge on any atom is -0.487 e. The Labute approximate surface area is 206 Å². The van der Waals surface area contributed by atoms with Crippen molar-refractivity contribution in [3.63, 3.8) is 0 Å². The molecule has 0 unspecified atom stereocenters. The summed E-state index contributed by atoms with van der Waals surface area (Å²) in [5.41, 5.74) is 1.29. The molecular formula is C25H31N3O6S. The van der Waals surface area contributed by atoms with E-state index in [0.29, 0.717) is 5.56 Å². The van der Waals surface area contributed by atoms with Crippen molar-refractivity contribution in [1.82, 2.24) is 14.2 Å². The van der Waals surface area contributed by atoms with Crippen molar-refractivity contribution >= 4 is 15.9 Å². The van der Waals surface area contributed by atoms with E-state index in [1.54, 1.807) is 44.6 Å². The first-order chi connectivity index (χ1) is 16.7. The first kappa shape index (κ1) is 26.6. The molecule has 1 aromatic carbocycles. The van der Waals surface area contributed by atoms with Gasteiger partial charge in [0.15, 0.2) is 0 Å². The number of carbonyl (C=O) groups excluding carboxylic acids is 1. The maximum absolute atomic E-state index is 13.5. The van der Waals surface area contributed by atoms with Crippen molar-refractivity contribution in [2.24, 2.45) is 5.92 Å². The Morgan fingerprint density at radius 1 is 1.34 bits per heavy atom. The summed E-state index contributed by atoms with van der Waals surface area (Å²) in [7, 11) is -0.859. The number of benzene rings is 1. The summed E-state index contributed by atoms with van der Waals surface area (Å²) in [6, 6.07) is 7.67.